The highest BCUT2D eigenvalue weighted by Gasteiger charge is 2.14. The van der Waals surface area contributed by atoms with Gasteiger partial charge in [-0.2, -0.15) is 0 Å². The smallest absolute Gasteiger partial charge is 0.332 e. The van der Waals surface area contributed by atoms with Gasteiger partial charge in [0.25, 0.3) is 0 Å². The highest BCUT2D eigenvalue weighted by molar-refractivity contribution is 5.75. The molecule has 1 unspecified atom stereocenters. The first-order valence-corrected chi connectivity index (χ1v) is 6.00. The lowest BCUT2D eigenvalue weighted by Gasteiger charge is -2.09. The quantitative estimate of drug-likeness (QED) is 0.913. The van der Waals surface area contributed by atoms with Crippen LogP contribution in [0.3, 0.4) is 0 Å². The summed E-state index contributed by atoms with van der Waals surface area (Å²) in [5, 5.41) is 8.95. The predicted molar refractivity (Wildman–Crippen MR) is 71.8 cm³/mol. The SMILES string of the molecule is Cc1cn(C)c(=O)n1-c1ccc(C(C)C(=O)O)cc1. The molecular formula is C14H16N2O3. The summed E-state index contributed by atoms with van der Waals surface area (Å²) in [7, 11) is 1.70. The number of aromatic nitrogens is 2. The Morgan fingerprint density at radius 1 is 1.26 bits per heavy atom. The summed E-state index contributed by atoms with van der Waals surface area (Å²) in [5.41, 5.74) is 2.19. The number of carbonyl (C=O) groups is 1. The van der Waals surface area contributed by atoms with Gasteiger partial charge in [-0.15, -0.1) is 0 Å². The van der Waals surface area contributed by atoms with Gasteiger partial charge in [0.05, 0.1) is 11.6 Å². The minimum absolute atomic E-state index is 0.114. The summed E-state index contributed by atoms with van der Waals surface area (Å²) in [4.78, 5) is 22.9. The predicted octanol–water partition coefficient (Wildman–Crippen LogP) is 1.67. The highest BCUT2D eigenvalue weighted by Crippen LogP contribution is 2.18. The van der Waals surface area contributed by atoms with Crippen LogP contribution >= 0.6 is 0 Å². The standard InChI is InChI=1S/C14H16N2O3/c1-9-8-15(3)14(19)16(9)12-6-4-11(5-7-12)10(2)13(17)18/h4-8,10H,1-3H3,(H,17,18). The molecule has 19 heavy (non-hydrogen) atoms. The van der Waals surface area contributed by atoms with E-state index in [1.807, 2.05) is 6.92 Å². The van der Waals surface area contributed by atoms with Crippen LogP contribution in [0.25, 0.3) is 5.69 Å². The van der Waals surface area contributed by atoms with Gasteiger partial charge >= 0.3 is 11.7 Å². The second-order valence-corrected chi connectivity index (χ2v) is 4.65. The van der Waals surface area contributed by atoms with E-state index in [0.717, 1.165) is 16.9 Å². The summed E-state index contributed by atoms with van der Waals surface area (Å²) in [5.74, 6) is -1.41. The molecule has 0 saturated heterocycles. The Hall–Kier alpha value is -2.30. The fourth-order valence-electron chi connectivity index (χ4n) is 2.07. The highest BCUT2D eigenvalue weighted by atomic mass is 16.4. The Morgan fingerprint density at radius 3 is 2.26 bits per heavy atom. The molecule has 0 saturated carbocycles. The molecule has 0 amide bonds. The van der Waals surface area contributed by atoms with Gasteiger partial charge in [0.15, 0.2) is 0 Å². The molecule has 100 valence electrons. The second-order valence-electron chi connectivity index (χ2n) is 4.65. The van der Waals surface area contributed by atoms with Gasteiger partial charge in [0, 0.05) is 18.9 Å². The third kappa shape index (κ3) is 2.31. The Labute approximate surface area is 110 Å². The van der Waals surface area contributed by atoms with Crippen molar-refractivity contribution in [1.29, 1.82) is 0 Å². The fraction of sp³-hybridized carbons (Fsp3) is 0.286. The summed E-state index contributed by atoms with van der Waals surface area (Å²) in [6, 6.07) is 7.02. The fourth-order valence-corrected chi connectivity index (χ4v) is 2.07. The normalized spacial score (nSPS) is 12.4. The third-order valence-corrected chi connectivity index (χ3v) is 3.25. The van der Waals surface area contributed by atoms with Crippen LogP contribution in [0.2, 0.25) is 0 Å². The number of rotatable bonds is 3. The van der Waals surface area contributed by atoms with Crippen LogP contribution in [0.1, 0.15) is 24.1 Å². The van der Waals surface area contributed by atoms with E-state index in [4.69, 9.17) is 5.11 Å². The number of aryl methyl sites for hydroxylation is 2. The Balaban J connectivity index is 2.43. The molecular weight excluding hydrogens is 244 g/mol. The van der Waals surface area contributed by atoms with Crippen LogP contribution in [-0.2, 0) is 11.8 Å². The molecule has 1 heterocycles. The Morgan fingerprint density at radius 2 is 1.84 bits per heavy atom. The van der Waals surface area contributed by atoms with Crippen LogP contribution in [0.4, 0.5) is 0 Å². The lowest BCUT2D eigenvalue weighted by molar-refractivity contribution is -0.138. The number of nitrogens with zero attached hydrogens (tertiary/aromatic N) is 2. The molecule has 2 rings (SSSR count). The van der Waals surface area contributed by atoms with Gasteiger partial charge in [-0.25, -0.2) is 4.79 Å². The maximum absolute atomic E-state index is 11.9. The molecule has 0 radical (unpaired) electrons. The van der Waals surface area contributed by atoms with Crippen LogP contribution < -0.4 is 5.69 Å². The van der Waals surface area contributed by atoms with Crippen LogP contribution in [0.15, 0.2) is 35.3 Å². The molecule has 2 aromatic rings. The van der Waals surface area contributed by atoms with Crippen molar-refractivity contribution in [3.63, 3.8) is 0 Å². The third-order valence-electron chi connectivity index (χ3n) is 3.25. The van der Waals surface area contributed by atoms with Crippen molar-refractivity contribution in [2.75, 3.05) is 0 Å². The minimum atomic E-state index is -0.860. The van der Waals surface area contributed by atoms with Crippen molar-refractivity contribution < 1.29 is 9.90 Å². The molecule has 0 aliphatic heterocycles. The van der Waals surface area contributed by atoms with E-state index in [0.29, 0.717) is 0 Å². The number of benzene rings is 1. The first kappa shape index (κ1) is 13.1. The molecule has 1 aromatic heterocycles. The van der Waals surface area contributed by atoms with Gasteiger partial charge < -0.3 is 9.67 Å². The number of carboxylic acids is 1. The number of hydrogen-bond donors (Lipinski definition) is 1. The van der Waals surface area contributed by atoms with Crippen LogP contribution in [0.5, 0.6) is 0 Å². The Bertz CT molecular complexity index is 665. The van der Waals surface area contributed by atoms with Gasteiger partial charge in [-0.3, -0.25) is 9.36 Å². The van der Waals surface area contributed by atoms with Crippen molar-refractivity contribution in [3.8, 4) is 5.69 Å². The van der Waals surface area contributed by atoms with Gasteiger partial charge in [0.1, 0.15) is 0 Å². The molecule has 0 aliphatic rings. The molecule has 5 nitrogen and oxygen atoms in total. The number of imidazole rings is 1. The number of aliphatic carboxylic acids is 1. The van der Waals surface area contributed by atoms with Gasteiger partial charge in [-0.05, 0) is 31.5 Å². The average molecular weight is 260 g/mol. The monoisotopic (exact) mass is 260 g/mol. The van der Waals surface area contributed by atoms with Crippen molar-refractivity contribution in [2.45, 2.75) is 19.8 Å². The largest absolute Gasteiger partial charge is 0.481 e. The lowest BCUT2D eigenvalue weighted by atomic mass is 10.0. The first-order chi connectivity index (χ1) is 8.91. The van der Waals surface area contributed by atoms with E-state index in [2.05, 4.69) is 0 Å². The first-order valence-electron chi connectivity index (χ1n) is 6.00. The molecule has 0 spiro atoms. The molecule has 0 fully saturated rings. The van der Waals surface area contributed by atoms with E-state index in [-0.39, 0.29) is 5.69 Å². The lowest BCUT2D eigenvalue weighted by Crippen LogP contribution is -2.21. The topological polar surface area (TPSA) is 64.2 Å². The molecule has 0 aliphatic carbocycles. The molecule has 5 heteroatoms. The van der Waals surface area contributed by atoms with E-state index in [1.165, 1.54) is 4.57 Å². The summed E-state index contributed by atoms with van der Waals surface area (Å²) < 4.78 is 3.11. The van der Waals surface area contributed by atoms with E-state index in [9.17, 15) is 9.59 Å². The van der Waals surface area contributed by atoms with Crippen molar-refractivity contribution in [1.82, 2.24) is 9.13 Å². The minimum Gasteiger partial charge on any atom is -0.481 e. The second kappa shape index (κ2) is 4.76. The summed E-state index contributed by atoms with van der Waals surface area (Å²) in [6.07, 6.45) is 1.76. The molecule has 1 aromatic carbocycles. The van der Waals surface area contributed by atoms with Crippen molar-refractivity contribution >= 4 is 5.97 Å². The van der Waals surface area contributed by atoms with E-state index in [1.54, 1.807) is 49.0 Å². The summed E-state index contributed by atoms with van der Waals surface area (Å²) >= 11 is 0. The van der Waals surface area contributed by atoms with E-state index >= 15 is 0 Å². The van der Waals surface area contributed by atoms with Gasteiger partial charge in [0.2, 0.25) is 0 Å². The molecule has 0 bridgehead atoms. The maximum Gasteiger partial charge on any atom is 0.332 e. The zero-order valence-electron chi connectivity index (χ0n) is 11.1. The van der Waals surface area contributed by atoms with Crippen molar-refractivity contribution in [2.24, 2.45) is 7.05 Å². The number of hydrogen-bond acceptors (Lipinski definition) is 2. The maximum atomic E-state index is 11.9. The molecule has 1 N–H and O–H groups in total. The zero-order valence-corrected chi connectivity index (χ0v) is 11.1. The zero-order chi connectivity index (χ0) is 14.2. The van der Waals surface area contributed by atoms with Gasteiger partial charge in [-0.1, -0.05) is 12.1 Å². The Kier molecular flexibility index (Phi) is 3.29. The van der Waals surface area contributed by atoms with Crippen molar-refractivity contribution in [3.05, 3.63) is 52.2 Å². The number of carboxylic acid groups (broad SMARTS) is 1. The molecule has 1 atom stereocenters. The van der Waals surface area contributed by atoms with Crippen LogP contribution in [-0.4, -0.2) is 20.2 Å². The average Bonchev–Trinajstić information content (AvgIpc) is 2.62. The summed E-state index contributed by atoms with van der Waals surface area (Å²) in [6.45, 7) is 3.49. The van der Waals surface area contributed by atoms with E-state index < -0.39 is 11.9 Å². The van der Waals surface area contributed by atoms with Crippen LogP contribution in [0, 0.1) is 6.92 Å².